The molecule has 3 rings (SSSR count). The summed E-state index contributed by atoms with van der Waals surface area (Å²) in [5.74, 6) is -0.530. The van der Waals surface area contributed by atoms with Gasteiger partial charge in [-0.1, -0.05) is 23.2 Å². The molecule has 0 unspecified atom stereocenters. The smallest absolute Gasteiger partial charge is 0.336 e. The molecule has 7 nitrogen and oxygen atoms in total. The van der Waals surface area contributed by atoms with E-state index in [-0.39, 0.29) is 11.6 Å². The van der Waals surface area contributed by atoms with E-state index in [9.17, 15) is 4.79 Å². The number of carboxylic acids is 1. The number of hydrogen-bond acceptors (Lipinski definition) is 5. The predicted molar refractivity (Wildman–Crippen MR) is 101 cm³/mol. The SMILES string of the molecule is COCCOc1nc(-c2ccc(Cl)c(Cl)c2)n(-c2ccc(C(=O)O)cc2)n1. The Labute approximate surface area is 165 Å². The van der Waals surface area contributed by atoms with Gasteiger partial charge in [0.1, 0.15) is 6.61 Å². The van der Waals surface area contributed by atoms with E-state index in [4.69, 9.17) is 37.8 Å². The average molecular weight is 408 g/mol. The fourth-order valence-electron chi connectivity index (χ4n) is 2.32. The van der Waals surface area contributed by atoms with Crippen molar-refractivity contribution in [3.63, 3.8) is 0 Å². The van der Waals surface area contributed by atoms with Crippen molar-refractivity contribution >= 4 is 29.2 Å². The van der Waals surface area contributed by atoms with E-state index < -0.39 is 5.97 Å². The lowest BCUT2D eigenvalue weighted by atomic mass is 10.2. The maximum absolute atomic E-state index is 11.1. The second-order valence-electron chi connectivity index (χ2n) is 5.45. The monoisotopic (exact) mass is 407 g/mol. The van der Waals surface area contributed by atoms with Gasteiger partial charge in [-0.2, -0.15) is 4.98 Å². The lowest BCUT2D eigenvalue weighted by molar-refractivity contribution is 0.0697. The number of aromatic nitrogens is 3. The van der Waals surface area contributed by atoms with Gasteiger partial charge in [0.05, 0.1) is 27.9 Å². The van der Waals surface area contributed by atoms with Gasteiger partial charge in [0.25, 0.3) is 0 Å². The van der Waals surface area contributed by atoms with Crippen LogP contribution in [0.5, 0.6) is 6.01 Å². The number of halogens is 2. The molecule has 0 radical (unpaired) electrons. The van der Waals surface area contributed by atoms with Crippen LogP contribution in [0.3, 0.4) is 0 Å². The molecule has 0 spiro atoms. The maximum atomic E-state index is 11.1. The molecule has 0 aliphatic heterocycles. The fraction of sp³-hybridized carbons (Fsp3) is 0.167. The average Bonchev–Trinajstić information content (AvgIpc) is 3.08. The number of rotatable bonds is 7. The predicted octanol–water partition coefficient (Wildman–Crippen LogP) is 3.96. The van der Waals surface area contributed by atoms with E-state index in [1.54, 1.807) is 42.1 Å². The summed E-state index contributed by atoms with van der Waals surface area (Å²) in [6.07, 6.45) is 0. The van der Waals surface area contributed by atoms with Crippen LogP contribution < -0.4 is 4.74 Å². The van der Waals surface area contributed by atoms with Crippen molar-refractivity contribution in [1.29, 1.82) is 0 Å². The van der Waals surface area contributed by atoms with E-state index in [1.165, 1.54) is 12.1 Å². The molecule has 1 heterocycles. The van der Waals surface area contributed by atoms with Crippen molar-refractivity contribution < 1.29 is 19.4 Å². The summed E-state index contributed by atoms with van der Waals surface area (Å²) >= 11 is 12.1. The number of benzene rings is 2. The normalized spacial score (nSPS) is 10.8. The van der Waals surface area contributed by atoms with Crippen LogP contribution in [0.2, 0.25) is 10.0 Å². The van der Waals surface area contributed by atoms with Crippen molar-refractivity contribution in [1.82, 2.24) is 14.8 Å². The molecule has 0 saturated heterocycles. The summed E-state index contributed by atoms with van der Waals surface area (Å²) < 4.78 is 12.0. The molecule has 0 amide bonds. The summed E-state index contributed by atoms with van der Waals surface area (Å²) in [5, 5.41) is 14.2. The minimum absolute atomic E-state index is 0.162. The Balaban J connectivity index is 2.04. The lowest BCUT2D eigenvalue weighted by Crippen LogP contribution is -2.06. The summed E-state index contributed by atoms with van der Waals surface area (Å²) in [6, 6.07) is 11.5. The molecule has 0 saturated carbocycles. The van der Waals surface area contributed by atoms with Crippen LogP contribution in [-0.2, 0) is 4.74 Å². The van der Waals surface area contributed by atoms with E-state index in [1.807, 2.05) is 0 Å². The highest BCUT2D eigenvalue weighted by Gasteiger charge is 2.16. The molecule has 1 N–H and O–H groups in total. The zero-order chi connectivity index (χ0) is 19.4. The third-order valence-corrected chi connectivity index (χ3v) is 4.38. The minimum Gasteiger partial charge on any atom is -0.478 e. The molecule has 0 aliphatic rings. The lowest BCUT2D eigenvalue weighted by Gasteiger charge is -2.07. The Morgan fingerprint density at radius 2 is 1.85 bits per heavy atom. The van der Waals surface area contributed by atoms with Crippen LogP contribution in [0.4, 0.5) is 0 Å². The zero-order valence-corrected chi connectivity index (χ0v) is 15.7. The Hall–Kier alpha value is -2.61. The third-order valence-electron chi connectivity index (χ3n) is 3.64. The van der Waals surface area contributed by atoms with Crippen LogP contribution in [0.25, 0.3) is 17.1 Å². The fourth-order valence-corrected chi connectivity index (χ4v) is 2.62. The van der Waals surface area contributed by atoms with Gasteiger partial charge in [-0.05, 0) is 42.5 Å². The summed E-state index contributed by atoms with van der Waals surface area (Å²) in [7, 11) is 1.57. The number of aromatic carboxylic acids is 1. The van der Waals surface area contributed by atoms with Crippen LogP contribution in [-0.4, -0.2) is 46.2 Å². The van der Waals surface area contributed by atoms with Gasteiger partial charge in [-0.15, -0.1) is 5.10 Å². The highest BCUT2D eigenvalue weighted by molar-refractivity contribution is 6.42. The molecule has 0 atom stereocenters. The van der Waals surface area contributed by atoms with Crippen molar-refractivity contribution in [2.24, 2.45) is 0 Å². The minimum atomic E-state index is -1.01. The first-order valence-electron chi connectivity index (χ1n) is 7.87. The Morgan fingerprint density at radius 1 is 1.11 bits per heavy atom. The van der Waals surface area contributed by atoms with Crippen molar-refractivity contribution in [3.05, 3.63) is 58.1 Å². The topological polar surface area (TPSA) is 86.5 Å². The first-order chi connectivity index (χ1) is 13.0. The Morgan fingerprint density at radius 3 is 2.48 bits per heavy atom. The Bertz CT molecular complexity index is 958. The molecule has 140 valence electrons. The van der Waals surface area contributed by atoms with Gasteiger partial charge in [0.15, 0.2) is 5.82 Å². The van der Waals surface area contributed by atoms with Crippen LogP contribution in [0.15, 0.2) is 42.5 Å². The van der Waals surface area contributed by atoms with Crippen molar-refractivity contribution in [3.8, 4) is 23.1 Å². The van der Waals surface area contributed by atoms with Crippen molar-refractivity contribution in [2.45, 2.75) is 0 Å². The van der Waals surface area contributed by atoms with E-state index in [0.717, 1.165) is 0 Å². The van der Waals surface area contributed by atoms with Gasteiger partial charge in [0, 0.05) is 12.7 Å². The van der Waals surface area contributed by atoms with Crippen molar-refractivity contribution in [2.75, 3.05) is 20.3 Å². The number of hydrogen-bond donors (Lipinski definition) is 1. The summed E-state index contributed by atoms with van der Waals surface area (Å²) in [4.78, 5) is 15.5. The van der Waals surface area contributed by atoms with Crippen LogP contribution >= 0.6 is 23.2 Å². The molecule has 3 aromatic rings. The second kappa shape index (κ2) is 8.39. The number of carboxylic acid groups (broad SMARTS) is 1. The van der Waals surface area contributed by atoms with Crippen LogP contribution in [0, 0.1) is 0 Å². The largest absolute Gasteiger partial charge is 0.478 e. The first kappa shape index (κ1) is 19.2. The van der Waals surface area contributed by atoms with Crippen LogP contribution in [0.1, 0.15) is 10.4 Å². The molecule has 0 bridgehead atoms. The summed E-state index contributed by atoms with van der Waals surface area (Å²) in [6.45, 7) is 0.684. The van der Waals surface area contributed by atoms with Gasteiger partial charge in [-0.25, -0.2) is 9.48 Å². The number of nitrogens with zero attached hydrogens (tertiary/aromatic N) is 3. The zero-order valence-electron chi connectivity index (χ0n) is 14.2. The highest BCUT2D eigenvalue weighted by Crippen LogP contribution is 2.30. The van der Waals surface area contributed by atoms with E-state index in [0.29, 0.717) is 40.3 Å². The highest BCUT2D eigenvalue weighted by atomic mass is 35.5. The molecule has 0 fully saturated rings. The third kappa shape index (κ3) is 4.39. The number of carbonyl (C=O) groups is 1. The molecular formula is C18H15Cl2N3O4. The first-order valence-corrected chi connectivity index (χ1v) is 8.63. The number of ether oxygens (including phenoxy) is 2. The quantitative estimate of drug-likeness (QED) is 0.596. The van der Waals surface area contributed by atoms with Gasteiger partial charge in [0.2, 0.25) is 0 Å². The standard InChI is InChI=1S/C18H15Cl2N3O4/c1-26-8-9-27-18-21-16(12-4-7-14(19)15(20)10-12)23(22-18)13-5-2-11(3-6-13)17(24)25/h2-7,10H,8-9H2,1H3,(H,24,25). The molecule has 1 aromatic heterocycles. The van der Waals surface area contributed by atoms with E-state index in [2.05, 4.69) is 10.1 Å². The molecule has 0 aliphatic carbocycles. The number of methoxy groups -OCH3 is 1. The second-order valence-corrected chi connectivity index (χ2v) is 6.27. The molecular weight excluding hydrogens is 393 g/mol. The summed E-state index contributed by atoms with van der Waals surface area (Å²) in [5.41, 5.74) is 1.47. The molecule has 9 heteroatoms. The molecule has 2 aromatic carbocycles. The van der Waals surface area contributed by atoms with Gasteiger partial charge in [-0.3, -0.25) is 0 Å². The van der Waals surface area contributed by atoms with E-state index >= 15 is 0 Å². The van der Waals surface area contributed by atoms with Gasteiger partial charge < -0.3 is 14.6 Å². The van der Waals surface area contributed by atoms with Gasteiger partial charge >= 0.3 is 12.0 Å². The Kier molecular flexibility index (Phi) is 5.95. The maximum Gasteiger partial charge on any atom is 0.336 e. The molecule has 27 heavy (non-hydrogen) atoms.